The lowest BCUT2D eigenvalue weighted by atomic mass is 9.92. The van der Waals surface area contributed by atoms with Crippen LogP contribution in [-0.2, 0) is 19.1 Å². The summed E-state index contributed by atoms with van der Waals surface area (Å²) in [4.78, 5) is 33.5. The SMILES string of the molecule is CCC(O)C(O)C(C=O)C(O)C(=O)NCCCCC(=O)OC. The molecule has 0 aromatic rings. The largest absolute Gasteiger partial charge is 0.469 e. The predicted octanol–water partition coefficient (Wildman–Crippen LogP) is -1.25. The number of aliphatic hydroxyl groups excluding tert-OH is 3. The fraction of sp³-hybridized carbons (Fsp3) is 0.786. The molecule has 0 saturated heterocycles. The number of esters is 1. The molecule has 8 nitrogen and oxygen atoms in total. The Hall–Kier alpha value is -1.51. The van der Waals surface area contributed by atoms with Crippen LogP contribution in [0.5, 0.6) is 0 Å². The lowest BCUT2D eigenvalue weighted by Crippen LogP contribution is -2.48. The van der Waals surface area contributed by atoms with Crippen LogP contribution in [0.2, 0.25) is 0 Å². The highest BCUT2D eigenvalue weighted by Crippen LogP contribution is 2.13. The summed E-state index contributed by atoms with van der Waals surface area (Å²) < 4.78 is 4.46. The highest BCUT2D eigenvalue weighted by molar-refractivity contribution is 5.84. The van der Waals surface area contributed by atoms with Crippen LogP contribution in [0.1, 0.15) is 32.6 Å². The number of carbonyl (C=O) groups excluding carboxylic acids is 3. The smallest absolute Gasteiger partial charge is 0.305 e. The first-order valence-corrected chi connectivity index (χ1v) is 7.23. The molecule has 8 heteroatoms. The van der Waals surface area contributed by atoms with Crippen molar-refractivity contribution in [1.29, 1.82) is 0 Å². The molecule has 0 aliphatic heterocycles. The van der Waals surface area contributed by atoms with Crippen LogP contribution in [0, 0.1) is 5.92 Å². The van der Waals surface area contributed by atoms with Crippen LogP contribution in [0.3, 0.4) is 0 Å². The number of aliphatic hydroxyl groups is 3. The van der Waals surface area contributed by atoms with Crippen LogP contribution >= 0.6 is 0 Å². The van der Waals surface area contributed by atoms with E-state index in [2.05, 4.69) is 10.1 Å². The zero-order valence-corrected chi connectivity index (χ0v) is 12.9. The second-order valence-corrected chi connectivity index (χ2v) is 4.95. The van der Waals surface area contributed by atoms with Gasteiger partial charge in [0.25, 0.3) is 0 Å². The first kappa shape index (κ1) is 20.5. The van der Waals surface area contributed by atoms with E-state index >= 15 is 0 Å². The first-order valence-electron chi connectivity index (χ1n) is 7.23. The monoisotopic (exact) mass is 319 g/mol. The molecule has 4 atom stereocenters. The Balaban J connectivity index is 4.23. The van der Waals surface area contributed by atoms with Gasteiger partial charge in [0.05, 0.1) is 25.2 Å². The highest BCUT2D eigenvalue weighted by atomic mass is 16.5. The molecule has 0 heterocycles. The summed E-state index contributed by atoms with van der Waals surface area (Å²) >= 11 is 0. The third-order valence-corrected chi connectivity index (χ3v) is 3.33. The molecule has 4 unspecified atom stereocenters. The van der Waals surface area contributed by atoms with Gasteiger partial charge in [0.15, 0.2) is 0 Å². The molecular weight excluding hydrogens is 294 g/mol. The quantitative estimate of drug-likeness (QED) is 0.212. The average molecular weight is 319 g/mol. The number of hydrogen-bond acceptors (Lipinski definition) is 7. The Kier molecular flexibility index (Phi) is 10.3. The molecule has 0 aromatic heterocycles. The zero-order valence-electron chi connectivity index (χ0n) is 12.9. The molecule has 1 amide bonds. The summed E-state index contributed by atoms with van der Waals surface area (Å²) in [6.07, 6.45) is -2.77. The Bertz CT molecular complexity index is 361. The summed E-state index contributed by atoms with van der Waals surface area (Å²) in [5.74, 6) is -2.55. The van der Waals surface area contributed by atoms with Crippen LogP contribution < -0.4 is 5.32 Å². The predicted molar refractivity (Wildman–Crippen MR) is 76.7 cm³/mol. The van der Waals surface area contributed by atoms with Gasteiger partial charge in [-0.05, 0) is 19.3 Å². The van der Waals surface area contributed by atoms with Crippen LogP contribution in [0.25, 0.3) is 0 Å². The number of ether oxygens (including phenoxy) is 1. The van der Waals surface area contributed by atoms with Crippen molar-refractivity contribution < 1.29 is 34.4 Å². The summed E-state index contributed by atoms with van der Waals surface area (Å²) in [5, 5.41) is 31.4. The number of methoxy groups -OCH3 is 1. The van der Waals surface area contributed by atoms with E-state index in [1.807, 2.05) is 0 Å². The number of rotatable bonds is 11. The van der Waals surface area contributed by atoms with Gasteiger partial charge in [-0.2, -0.15) is 0 Å². The maximum absolute atomic E-state index is 11.7. The maximum atomic E-state index is 11.7. The number of aldehydes is 1. The number of amides is 1. The minimum atomic E-state index is -1.74. The van der Waals surface area contributed by atoms with E-state index in [0.717, 1.165) is 0 Å². The highest BCUT2D eigenvalue weighted by Gasteiger charge is 2.34. The minimum absolute atomic E-state index is 0.188. The third kappa shape index (κ3) is 6.97. The molecule has 0 rings (SSSR count). The number of unbranched alkanes of at least 4 members (excludes halogenated alkanes) is 1. The summed E-state index contributed by atoms with van der Waals surface area (Å²) in [5.41, 5.74) is 0. The maximum Gasteiger partial charge on any atom is 0.305 e. The van der Waals surface area contributed by atoms with Gasteiger partial charge in [-0.3, -0.25) is 9.59 Å². The van der Waals surface area contributed by atoms with Gasteiger partial charge in [-0.15, -0.1) is 0 Å². The topological polar surface area (TPSA) is 133 Å². The molecule has 0 fully saturated rings. The van der Waals surface area contributed by atoms with Crippen molar-refractivity contribution >= 4 is 18.2 Å². The normalized spacial score (nSPS) is 16.2. The van der Waals surface area contributed by atoms with Gasteiger partial charge in [0, 0.05) is 13.0 Å². The van der Waals surface area contributed by atoms with E-state index in [1.54, 1.807) is 6.92 Å². The second-order valence-electron chi connectivity index (χ2n) is 4.95. The summed E-state index contributed by atoms with van der Waals surface area (Å²) in [6.45, 7) is 1.81. The van der Waals surface area contributed by atoms with Crippen LogP contribution in [-0.4, -0.2) is 65.4 Å². The standard InChI is InChI=1S/C14H25NO7/c1-3-10(17)12(19)9(8-16)13(20)14(21)15-7-5-4-6-11(18)22-2/h8-10,12-13,17,19-20H,3-7H2,1-2H3,(H,15,21). The molecule has 0 aliphatic rings. The van der Waals surface area contributed by atoms with Crippen molar-refractivity contribution in [3.8, 4) is 0 Å². The van der Waals surface area contributed by atoms with Crippen molar-refractivity contribution in [3.63, 3.8) is 0 Å². The lowest BCUT2D eigenvalue weighted by molar-refractivity contribution is -0.142. The Labute approximate surface area is 129 Å². The van der Waals surface area contributed by atoms with E-state index in [9.17, 15) is 29.7 Å². The molecular formula is C14H25NO7. The molecule has 0 aromatic carbocycles. The molecule has 22 heavy (non-hydrogen) atoms. The molecule has 0 radical (unpaired) electrons. The van der Waals surface area contributed by atoms with Crippen LogP contribution in [0.4, 0.5) is 0 Å². The molecule has 4 N–H and O–H groups in total. The Morgan fingerprint density at radius 1 is 1.23 bits per heavy atom. The van der Waals surface area contributed by atoms with Gasteiger partial charge in [-0.1, -0.05) is 6.92 Å². The molecule has 0 saturated carbocycles. The van der Waals surface area contributed by atoms with E-state index in [0.29, 0.717) is 12.8 Å². The molecule has 0 spiro atoms. The van der Waals surface area contributed by atoms with Gasteiger partial charge in [-0.25, -0.2) is 0 Å². The van der Waals surface area contributed by atoms with Crippen LogP contribution in [0.15, 0.2) is 0 Å². The summed E-state index contributed by atoms with van der Waals surface area (Å²) in [6, 6.07) is 0. The molecule has 0 bridgehead atoms. The van der Waals surface area contributed by atoms with Gasteiger partial charge >= 0.3 is 5.97 Å². The number of nitrogens with one attached hydrogen (secondary N) is 1. The van der Waals surface area contributed by atoms with E-state index in [-0.39, 0.29) is 31.6 Å². The van der Waals surface area contributed by atoms with Crippen molar-refractivity contribution in [2.45, 2.75) is 50.9 Å². The fourth-order valence-electron chi connectivity index (χ4n) is 1.83. The van der Waals surface area contributed by atoms with E-state index < -0.39 is 30.1 Å². The average Bonchev–Trinajstić information content (AvgIpc) is 2.53. The number of hydrogen-bond donors (Lipinski definition) is 4. The fourth-order valence-corrected chi connectivity index (χ4v) is 1.83. The first-order chi connectivity index (χ1) is 10.4. The van der Waals surface area contributed by atoms with Gasteiger partial charge in [0.2, 0.25) is 5.91 Å². The van der Waals surface area contributed by atoms with Crippen molar-refractivity contribution in [2.24, 2.45) is 5.92 Å². The van der Waals surface area contributed by atoms with E-state index in [1.165, 1.54) is 7.11 Å². The third-order valence-electron chi connectivity index (χ3n) is 3.33. The second kappa shape index (κ2) is 11.1. The number of carbonyl (C=O) groups is 3. The van der Waals surface area contributed by atoms with Crippen molar-refractivity contribution in [2.75, 3.05) is 13.7 Å². The lowest BCUT2D eigenvalue weighted by Gasteiger charge is -2.25. The van der Waals surface area contributed by atoms with Crippen molar-refractivity contribution in [3.05, 3.63) is 0 Å². The van der Waals surface area contributed by atoms with E-state index in [4.69, 9.17) is 0 Å². The molecule has 128 valence electrons. The van der Waals surface area contributed by atoms with Gasteiger partial charge < -0.3 is 30.2 Å². The minimum Gasteiger partial charge on any atom is -0.469 e. The summed E-state index contributed by atoms with van der Waals surface area (Å²) in [7, 11) is 1.29. The van der Waals surface area contributed by atoms with Gasteiger partial charge in [0.1, 0.15) is 12.4 Å². The zero-order chi connectivity index (χ0) is 17.1. The Morgan fingerprint density at radius 2 is 1.86 bits per heavy atom. The van der Waals surface area contributed by atoms with Crippen molar-refractivity contribution in [1.82, 2.24) is 5.32 Å². The Morgan fingerprint density at radius 3 is 2.36 bits per heavy atom. The molecule has 0 aliphatic carbocycles.